The highest BCUT2D eigenvalue weighted by molar-refractivity contribution is 5.97. The van der Waals surface area contributed by atoms with Gasteiger partial charge in [-0.25, -0.2) is 0 Å². The molecule has 0 aromatic carbocycles. The smallest absolute Gasteiger partial charge is 0.241 e. The standard InChI is InChI=1S/C10H16N6O3/c1-13-9(18)5-16-4-6(3-14-16)15-10(19)7(11)2-8(12)17/h3-4,7H,2,5,11H2,1H3,(H2,12,17)(H,13,18)(H,15,19). The number of primary amides is 1. The molecular formula is C10H16N6O3. The van der Waals surface area contributed by atoms with E-state index in [9.17, 15) is 14.4 Å². The first-order valence-corrected chi connectivity index (χ1v) is 5.50. The van der Waals surface area contributed by atoms with Crippen molar-refractivity contribution in [1.82, 2.24) is 15.1 Å². The second-order valence-electron chi connectivity index (χ2n) is 3.87. The summed E-state index contributed by atoms with van der Waals surface area (Å²) in [6, 6.07) is -1.01. The van der Waals surface area contributed by atoms with E-state index in [0.717, 1.165) is 0 Å². The topological polar surface area (TPSA) is 145 Å². The molecule has 0 bridgehead atoms. The lowest BCUT2D eigenvalue weighted by molar-refractivity contribution is -0.123. The summed E-state index contributed by atoms with van der Waals surface area (Å²) in [6.45, 7) is 0.0414. The van der Waals surface area contributed by atoms with Gasteiger partial charge in [-0.15, -0.1) is 0 Å². The van der Waals surface area contributed by atoms with E-state index in [1.54, 1.807) is 0 Å². The average molecular weight is 268 g/mol. The molecule has 9 heteroatoms. The number of likely N-dealkylation sites (N-methyl/N-ethyl adjacent to an activating group) is 1. The molecule has 0 spiro atoms. The Morgan fingerprint density at radius 3 is 2.74 bits per heavy atom. The molecule has 0 aliphatic carbocycles. The van der Waals surface area contributed by atoms with Gasteiger partial charge in [0.1, 0.15) is 6.54 Å². The molecule has 1 atom stereocenters. The van der Waals surface area contributed by atoms with Crippen LogP contribution in [0.5, 0.6) is 0 Å². The summed E-state index contributed by atoms with van der Waals surface area (Å²) in [5.74, 6) is -1.41. The van der Waals surface area contributed by atoms with Crippen LogP contribution >= 0.6 is 0 Å². The first-order chi connectivity index (χ1) is 8.92. The Morgan fingerprint density at radius 2 is 2.16 bits per heavy atom. The number of carbonyl (C=O) groups is 3. The van der Waals surface area contributed by atoms with Crippen molar-refractivity contribution in [3.8, 4) is 0 Å². The molecule has 9 nitrogen and oxygen atoms in total. The van der Waals surface area contributed by atoms with Gasteiger partial charge in [0.25, 0.3) is 0 Å². The Balaban J connectivity index is 2.55. The van der Waals surface area contributed by atoms with E-state index in [1.165, 1.54) is 24.1 Å². The molecule has 1 unspecified atom stereocenters. The molecule has 19 heavy (non-hydrogen) atoms. The number of nitrogens with two attached hydrogens (primary N) is 2. The van der Waals surface area contributed by atoms with Gasteiger partial charge >= 0.3 is 0 Å². The maximum atomic E-state index is 11.6. The van der Waals surface area contributed by atoms with Gasteiger partial charge in [0.2, 0.25) is 17.7 Å². The normalized spacial score (nSPS) is 11.7. The maximum Gasteiger partial charge on any atom is 0.241 e. The predicted octanol–water partition coefficient (Wildman–Crippen LogP) is -2.23. The molecule has 6 N–H and O–H groups in total. The van der Waals surface area contributed by atoms with E-state index in [2.05, 4.69) is 15.7 Å². The fourth-order valence-corrected chi connectivity index (χ4v) is 1.29. The average Bonchev–Trinajstić information content (AvgIpc) is 2.75. The van der Waals surface area contributed by atoms with Crippen molar-refractivity contribution in [3.63, 3.8) is 0 Å². The zero-order valence-electron chi connectivity index (χ0n) is 10.4. The van der Waals surface area contributed by atoms with Crippen LogP contribution in [0.25, 0.3) is 0 Å². The summed E-state index contributed by atoms with van der Waals surface area (Å²) in [4.78, 5) is 33.3. The Bertz CT molecular complexity index is 483. The van der Waals surface area contributed by atoms with Gasteiger partial charge in [-0.1, -0.05) is 0 Å². The third-order valence-corrected chi connectivity index (χ3v) is 2.24. The van der Waals surface area contributed by atoms with Gasteiger partial charge in [0.15, 0.2) is 0 Å². The van der Waals surface area contributed by atoms with Crippen LogP contribution in [0.15, 0.2) is 12.4 Å². The summed E-state index contributed by atoms with van der Waals surface area (Å²) < 4.78 is 1.36. The second kappa shape index (κ2) is 6.50. The summed E-state index contributed by atoms with van der Waals surface area (Å²) in [5.41, 5.74) is 10.8. The third kappa shape index (κ3) is 4.76. The number of nitrogens with one attached hydrogen (secondary N) is 2. The van der Waals surface area contributed by atoms with Gasteiger partial charge in [-0.3, -0.25) is 19.1 Å². The van der Waals surface area contributed by atoms with Crippen molar-refractivity contribution in [2.24, 2.45) is 11.5 Å². The van der Waals surface area contributed by atoms with Crippen LogP contribution in [0.1, 0.15) is 6.42 Å². The lowest BCUT2D eigenvalue weighted by atomic mass is 10.2. The summed E-state index contributed by atoms with van der Waals surface area (Å²) in [7, 11) is 1.51. The van der Waals surface area contributed by atoms with Crippen LogP contribution in [0.2, 0.25) is 0 Å². The highest BCUT2D eigenvalue weighted by Crippen LogP contribution is 2.05. The molecule has 0 aliphatic heterocycles. The molecule has 0 saturated carbocycles. The molecule has 104 valence electrons. The van der Waals surface area contributed by atoms with Gasteiger partial charge in [-0.05, 0) is 0 Å². The van der Waals surface area contributed by atoms with Gasteiger partial charge in [0, 0.05) is 13.2 Å². The van der Waals surface area contributed by atoms with E-state index in [-0.39, 0.29) is 18.9 Å². The van der Waals surface area contributed by atoms with Gasteiger partial charge in [-0.2, -0.15) is 5.10 Å². The fraction of sp³-hybridized carbons (Fsp3) is 0.400. The minimum atomic E-state index is -1.01. The molecule has 1 aromatic rings. The fourth-order valence-electron chi connectivity index (χ4n) is 1.29. The lowest BCUT2D eigenvalue weighted by Crippen LogP contribution is -2.38. The maximum absolute atomic E-state index is 11.6. The largest absolute Gasteiger partial charge is 0.370 e. The molecule has 1 heterocycles. The minimum absolute atomic E-state index is 0.0414. The lowest BCUT2D eigenvalue weighted by Gasteiger charge is -2.08. The van der Waals surface area contributed by atoms with Crippen molar-refractivity contribution in [3.05, 3.63) is 12.4 Å². The summed E-state index contributed by atoms with van der Waals surface area (Å²) in [6.07, 6.45) is 2.61. The van der Waals surface area contributed by atoms with Crippen molar-refractivity contribution < 1.29 is 14.4 Å². The van der Waals surface area contributed by atoms with Crippen molar-refractivity contribution in [1.29, 1.82) is 0 Å². The van der Waals surface area contributed by atoms with Crippen LogP contribution in [-0.4, -0.2) is 40.6 Å². The van der Waals surface area contributed by atoms with Crippen molar-refractivity contribution in [2.45, 2.75) is 19.0 Å². The van der Waals surface area contributed by atoms with E-state index < -0.39 is 17.9 Å². The SMILES string of the molecule is CNC(=O)Cn1cc(NC(=O)C(N)CC(N)=O)cn1. The van der Waals surface area contributed by atoms with Crippen molar-refractivity contribution >= 4 is 23.4 Å². The predicted molar refractivity (Wildman–Crippen MR) is 66.7 cm³/mol. The van der Waals surface area contributed by atoms with Crippen LogP contribution < -0.4 is 22.1 Å². The number of amides is 3. The molecule has 3 amide bonds. The van der Waals surface area contributed by atoms with E-state index in [1.807, 2.05) is 0 Å². The third-order valence-electron chi connectivity index (χ3n) is 2.24. The number of hydrogen-bond donors (Lipinski definition) is 4. The summed E-state index contributed by atoms with van der Waals surface area (Å²) >= 11 is 0. The van der Waals surface area contributed by atoms with E-state index in [0.29, 0.717) is 5.69 Å². The number of rotatable bonds is 6. The molecule has 0 radical (unpaired) electrons. The molecule has 1 aromatic heterocycles. The number of nitrogens with zero attached hydrogens (tertiary/aromatic N) is 2. The molecular weight excluding hydrogens is 252 g/mol. The highest BCUT2D eigenvalue weighted by atomic mass is 16.2. The number of anilines is 1. The van der Waals surface area contributed by atoms with Crippen molar-refractivity contribution in [2.75, 3.05) is 12.4 Å². The van der Waals surface area contributed by atoms with Crippen LogP contribution in [0, 0.1) is 0 Å². The van der Waals surface area contributed by atoms with Crippen LogP contribution in [0.3, 0.4) is 0 Å². The monoisotopic (exact) mass is 268 g/mol. The zero-order chi connectivity index (χ0) is 14.4. The Kier molecular flexibility index (Phi) is 5.01. The zero-order valence-corrected chi connectivity index (χ0v) is 10.4. The number of hydrogen-bond acceptors (Lipinski definition) is 5. The molecule has 0 fully saturated rings. The van der Waals surface area contributed by atoms with Crippen LogP contribution in [0.4, 0.5) is 5.69 Å². The van der Waals surface area contributed by atoms with Crippen LogP contribution in [-0.2, 0) is 20.9 Å². The van der Waals surface area contributed by atoms with E-state index in [4.69, 9.17) is 11.5 Å². The summed E-state index contributed by atoms with van der Waals surface area (Å²) in [5, 5.41) is 8.80. The van der Waals surface area contributed by atoms with E-state index >= 15 is 0 Å². The quantitative estimate of drug-likeness (QED) is 0.461. The van der Waals surface area contributed by atoms with Gasteiger partial charge < -0.3 is 22.1 Å². The molecule has 0 saturated heterocycles. The Morgan fingerprint density at radius 1 is 1.47 bits per heavy atom. The Labute approximate surface area is 109 Å². The number of carbonyl (C=O) groups excluding carboxylic acids is 3. The first kappa shape index (κ1) is 14.6. The molecule has 1 rings (SSSR count). The van der Waals surface area contributed by atoms with Gasteiger partial charge in [0.05, 0.1) is 24.3 Å². The molecule has 0 aliphatic rings. The first-order valence-electron chi connectivity index (χ1n) is 5.50. The second-order valence-corrected chi connectivity index (χ2v) is 3.87. The minimum Gasteiger partial charge on any atom is -0.370 e. The highest BCUT2D eigenvalue weighted by Gasteiger charge is 2.16. The Hall–Kier alpha value is -2.42. The number of aromatic nitrogens is 2.